The van der Waals surface area contributed by atoms with Gasteiger partial charge in [0, 0.05) is 38.8 Å². The summed E-state index contributed by atoms with van der Waals surface area (Å²) < 4.78 is 2.02. The van der Waals surface area contributed by atoms with Crippen molar-refractivity contribution in [3.8, 4) is 0 Å². The lowest BCUT2D eigenvalue weighted by Gasteiger charge is -2.17. The summed E-state index contributed by atoms with van der Waals surface area (Å²) in [7, 11) is 0. The fourth-order valence-corrected chi connectivity index (χ4v) is 2.58. The molecule has 8 nitrogen and oxygen atoms in total. The number of aryl methyl sites for hydroxylation is 1. The van der Waals surface area contributed by atoms with E-state index < -0.39 is 0 Å². The molecule has 1 fully saturated rings. The van der Waals surface area contributed by atoms with E-state index in [9.17, 15) is 5.11 Å². The lowest BCUT2D eigenvalue weighted by Crippen LogP contribution is -2.22. The van der Waals surface area contributed by atoms with E-state index in [1.54, 1.807) is 12.5 Å². The second-order valence-electron chi connectivity index (χ2n) is 5.34. The van der Waals surface area contributed by atoms with Crippen LogP contribution in [-0.4, -0.2) is 55.6 Å². The van der Waals surface area contributed by atoms with E-state index in [0.29, 0.717) is 19.0 Å². The summed E-state index contributed by atoms with van der Waals surface area (Å²) >= 11 is 0. The molecule has 22 heavy (non-hydrogen) atoms. The number of aliphatic hydroxyl groups excluding tert-OH is 1. The summed E-state index contributed by atoms with van der Waals surface area (Å²) in [5.74, 6) is 2.40. The van der Waals surface area contributed by atoms with Gasteiger partial charge in [0.15, 0.2) is 0 Å². The maximum Gasteiger partial charge on any atom is 0.224 e. The average Bonchev–Trinajstić information content (AvgIpc) is 3.16. The first-order chi connectivity index (χ1) is 10.8. The third-order valence-corrected chi connectivity index (χ3v) is 3.80. The topological polar surface area (TPSA) is 92.0 Å². The highest BCUT2D eigenvalue weighted by Crippen LogP contribution is 2.18. The van der Waals surface area contributed by atoms with Crippen molar-refractivity contribution in [1.82, 2.24) is 24.7 Å². The van der Waals surface area contributed by atoms with Gasteiger partial charge >= 0.3 is 0 Å². The van der Waals surface area contributed by atoms with Crippen molar-refractivity contribution < 1.29 is 5.11 Å². The van der Waals surface area contributed by atoms with E-state index in [0.717, 1.165) is 37.6 Å². The van der Waals surface area contributed by atoms with Crippen LogP contribution in [0.4, 0.5) is 11.8 Å². The molecule has 3 rings (SSSR count). The highest BCUT2D eigenvalue weighted by molar-refractivity contribution is 5.43. The normalized spacial score (nSPS) is 17.9. The van der Waals surface area contributed by atoms with Crippen molar-refractivity contribution in [3.05, 3.63) is 24.4 Å². The zero-order valence-corrected chi connectivity index (χ0v) is 12.7. The summed E-state index contributed by atoms with van der Waals surface area (Å²) in [5, 5.41) is 20.8. The van der Waals surface area contributed by atoms with Crippen molar-refractivity contribution in [1.29, 1.82) is 0 Å². The van der Waals surface area contributed by atoms with E-state index in [2.05, 4.69) is 37.3 Å². The molecule has 2 aromatic rings. The van der Waals surface area contributed by atoms with Crippen LogP contribution in [0.15, 0.2) is 18.6 Å². The minimum absolute atomic E-state index is 0.258. The molecule has 1 aliphatic heterocycles. The number of hydrogen-bond acceptors (Lipinski definition) is 7. The number of aliphatic hydroxyl groups is 1. The third-order valence-electron chi connectivity index (χ3n) is 3.80. The molecule has 0 unspecified atom stereocenters. The Hall–Kier alpha value is -2.22. The quantitative estimate of drug-likeness (QED) is 0.793. The molecule has 118 valence electrons. The van der Waals surface area contributed by atoms with Crippen molar-refractivity contribution in [3.63, 3.8) is 0 Å². The number of anilines is 2. The molecule has 3 heterocycles. The zero-order valence-electron chi connectivity index (χ0n) is 12.7. The van der Waals surface area contributed by atoms with E-state index in [-0.39, 0.29) is 6.10 Å². The minimum Gasteiger partial charge on any atom is -0.391 e. The molecule has 1 atom stereocenters. The highest BCUT2D eigenvalue weighted by atomic mass is 16.3. The van der Waals surface area contributed by atoms with E-state index in [4.69, 9.17) is 0 Å². The first-order valence-electron chi connectivity index (χ1n) is 7.63. The number of aromatic nitrogens is 5. The molecule has 0 saturated carbocycles. The molecule has 0 bridgehead atoms. The standard InChI is InChI=1S/C14H21N7O/c1-2-20-10-17-19-13(20)4-7-16-14-15-6-3-12(18-14)21-8-5-11(22)9-21/h3,6,10-11,22H,2,4-5,7-9H2,1H3,(H,15,16,18)/t11-/m1/s1. The van der Waals surface area contributed by atoms with Gasteiger partial charge in [-0.05, 0) is 19.4 Å². The molecule has 1 aliphatic rings. The lowest BCUT2D eigenvalue weighted by atomic mass is 10.3. The Morgan fingerprint density at radius 3 is 3.14 bits per heavy atom. The monoisotopic (exact) mass is 303 g/mol. The first kappa shape index (κ1) is 14.7. The molecular formula is C14H21N7O. The first-order valence-corrected chi connectivity index (χ1v) is 7.63. The van der Waals surface area contributed by atoms with Gasteiger partial charge in [-0.25, -0.2) is 4.98 Å². The van der Waals surface area contributed by atoms with Crippen LogP contribution in [0.2, 0.25) is 0 Å². The summed E-state index contributed by atoms with van der Waals surface area (Å²) in [6, 6.07) is 1.87. The largest absolute Gasteiger partial charge is 0.391 e. The lowest BCUT2D eigenvalue weighted by molar-refractivity contribution is 0.198. The Kier molecular flexibility index (Phi) is 4.47. The van der Waals surface area contributed by atoms with E-state index in [1.165, 1.54) is 0 Å². The predicted octanol–water partition coefficient (Wildman–Crippen LogP) is 0.314. The Bertz CT molecular complexity index is 615. The molecular weight excluding hydrogens is 282 g/mol. The van der Waals surface area contributed by atoms with Crippen LogP contribution < -0.4 is 10.2 Å². The predicted molar refractivity (Wildman–Crippen MR) is 82.8 cm³/mol. The molecule has 0 amide bonds. The van der Waals surface area contributed by atoms with Crippen molar-refractivity contribution in [2.24, 2.45) is 0 Å². The van der Waals surface area contributed by atoms with Gasteiger partial charge in [-0.15, -0.1) is 10.2 Å². The van der Waals surface area contributed by atoms with Crippen LogP contribution in [-0.2, 0) is 13.0 Å². The van der Waals surface area contributed by atoms with Gasteiger partial charge < -0.3 is 19.9 Å². The van der Waals surface area contributed by atoms with Crippen molar-refractivity contribution in [2.75, 3.05) is 29.9 Å². The Balaban J connectivity index is 1.56. The van der Waals surface area contributed by atoms with Crippen LogP contribution in [0.5, 0.6) is 0 Å². The molecule has 0 spiro atoms. The fraction of sp³-hybridized carbons (Fsp3) is 0.571. The second-order valence-corrected chi connectivity index (χ2v) is 5.34. The van der Waals surface area contributed by atoms with Gasteiger partial charge in [0.05, 0.1) is 6.10 Å². The number of nitrogens with zero attached hydrogens (tertiary/aromatic N) is 6. The maximum absolute atomic E-state index is 9.61. The average molecular weight is 303 g/mol. The number of rotatable bonds is 6. The maximum atomic E-state index is 9.61. The van der Waals surface area contributed by atoms with Gasteiger partial charge in [-0.1, -0.05) is 0 Å². The zero-order chi connectivity index (χ0) is 15.4. The van der Waals surface area contributed by atoms with Gasteiger partial charge in [-0.3, -0.25) is 0 Å². The summed E-state index contributed by atoms with van der Waals surface area (Å²) in [6.07, 6.45) is 4.78. The second kappa shape index (κ2) is 6.69. The fourth-order valence-electron chi connectivity index (χ4n) is 2.58. The van der Waals surface area contributed by atoms with Crippen LogP contribution in [0.3, 0.4) is 0 Å². The van der Waals surface area contributed by atoms with Crippen molar-refractivity contribution in [2.45, 2.75) is 32.4 Å². The van der Waals surface area contributed by atoms with E-state index in [1.807, 2.05) is 10.6 Å². The summed E-state index contributed by atoms with van der Waals surface area (Å²) in [5.41, 5.74) is 0. The molecule has 0 radical (unpaired) electrons. The van der Waals surface area contributed by atoms with Gasteiger partial charge in [0.25, 0.3) is 0 Å². The Morgan fingerprint density at radius 2 is 2.36 bits per heavy atom. The summed E-state index contributed by atoms with van der Waals surface area (Å²) in [6.45, 7) is 5.10. The van der Waals surface area contributed by atoms with Crippen molar-refractivity contribution >= 4 is 11.8 Å². The molecule has 0 aliphatic carbocycles. The summed E-state index contributed by atoms with van der Waals surface area (Å²) in [4.78, 5) is 10.8. The third kappa shape index (κ3) is 3.33. The minimum atomic E-state index is -0.258. The smallest absolute Gasteiger partial charge is 0.224 e. The molecule has 2 N–H and O–H groups in total. The molecule has 8 heteroatoms. The highest BCUT2D eigenvalue weighted by Gasteiger charge is 2.21. The van der Waals surface area contributed by atoms with Crippen LogP contribution in [0, 0.1) is 0 Å². The van der Waals surface area contributed by atoms with Gasteiger partial charge in [-0.2, -0.15) is 4.98 Å². The van der Waals surface area contributed by atoms with Gasteiger partial charge in [0.1, 0.15) is 18.0 Å². The molecule has 0 aromatic carbocycles. The van der Waals surface area contributed by atoms with E-state index >= 15 is 0 Å². The van der Waals surface area contributed by atoms with Crippen LogP contribution in [0.25, 0.3) is 0 Å². The number of nitrogens with one attached hydrogen (secondary N) is 1. The van der Waals surface area contributed by atoms with Crippen LogP contribution >= 0.6 is 0 Å². The Morgan fingerprint density at radius 1 is 1.45 bits per heavy atom. The van der Waals surface area contributed by atoms with Crippen LogP contribution in [0.1, 0.15) is 19.2 Å². The Labute approximate surface area is 129 Å². The number of hydrogen-bond donors (Lipinski definition) is 2. The number of β-amino-alcohol motifs (C(OH)–C–C–N with tert-alkyl or cyclic N) is 1. The molecule has 2 aromatic heterocycles. The SMILES string of the molecule is CCn1cnnc1CCNc1nccc(N2CC[C@@H](O)C2)n1. The molecule has 1 saturated heterocycles. The van der Waals surface area contributed by atoms with Gasteiger partial charge in [0.2, 0.25) is 5.95 Å².